The van der Waals surface area contributed by atoms with Gasteiger partial charge in [-0.2, -0.15) is 0 Å². The molecule has 4 rings (SSSR count). The van der Waals surface area contributed by atoms with E-state index in [2.05, 4.69) is 18.7 Å². The summed E-state index contributed by atoms with van der Waals surface area (Å²) in [6.07, 6.45) is 0.711. The third-order valence-corrected chi connectivity index (χ3v) is 7.10. The van der Waals surface area contributed by atoms with Gasteiger partial charge in [-0.1, -0.05) is 68.4 Å². The molecule has 39 heavy (non-hydrogen) atoms. The second-order valence-corrected chi connectivity index (χ2v) is 9.45. The Morgan fingerprint density at radius 2 is 1.64 bits per heavy atom. The summed E-state index contributed by atoms with van der Waals surface area (Å²) in [4.78, 5) is 30.5. The number of amides is 1. The monoisotopic (exact) mass is 528 g/mol. The molecule has 3 aromatic carbocycles. The van der Waals surface area contributed by atoms with Crippen LogP contribution in [-0.2, 0) is 16.2 Å². The van der Waals surface area contributed by atoms with E-state index in [1.807, 2.05) is 54.6 Å². The zero-order valence-corrected chi connectivity index (χ0v) is 22.8. The molecule has 0 saturated carbocycles. The van der Waals surface area contributed by atoms with E-state index in [1.54, 1.807) is 29.2 Å². The van der Waals surface area contributed by atoms with Gasteiger partial charge in [0.15, 0.2) is 0 Å². The molecule has 0 aromatic heterocycles. The summed E-state index contributed by atoms with van der Waals surface area (Å²) in [6.45, 7) is 7.67. The molecule has 7 heteroatoms. The van der Waals surface area contributed by atoms with Crippen molar-refractivity contribution in [2.24, 2.45) is 0 Å². The first-order valence-electron chi connectivity index (χ1n) is 13.4. The first-order chi connectivity index (χ1) is 19.0. The van der Waals surface area contributed by atoms with E-state index < -0.39 is 17.7 Å². The maximum Gasteiger partial charge on any atom is 0.295 e. The van der Waals surface area contributed by atoms with Crippen molar-refractivity contribution >= 4 is 17.4 Å². The fourth-order valence-corrected chi connectivity index (χ4v) is 4.87. The Labute approximate surface area is 230 Å². The Hall–Kier alpha value is -4.10. The third kappa shape index (κ3) is 6.49. The Balaban J connectivity index is 1.66. The maximum absolute atomic E-state index is 13.3. The number of ether oxygens (including phenoxy) is 2. The van der Waals surface area contributed by atoms with Gasteiger partial charge >= 0.3 is 0 Å². The largest absolute Gasteiger partial charge is 0.507 e. The predicted octanol–water partition coefficient (Wildman–Crippen LogP) is 5.43. The lowest BCUT2D eigenvalue weighted by Gasteiger charge is -2.27. The minimum Gasteiger partial charge on any atom is -0.507 e. The number of carbonyl (C=O) groups is 2. The molecule has 0 bridgehead atoms. The number of nitrogens with zero attached hydrogens (tertiary/aromatic N) is 2. The predicted molar refractivity (Wildman–Crippen MR) is 152 cm³/mol. The zero-order valence-electron chi connectivity index (χ0n) is 22.8. The summed E-state index contributed by atoms with van der Waals surface area (Å²) in [5, 5.41) is 11.3. The van der Waals surface area contributed by atoms with Gasteiger partial charge in [0.2, 0.25) is 0 Å². The van der Waals surface area contributed by atoms with Gasteiger partial charge in [-0.3, -0.25) is 9.59 Å². The molecule has 1 amide bonds. The minimum atomic E-state index is -0.712. The van der Waals surface area contributed by atoms with Crippen LogP contribution in [0.2, 0.25) is 0 Å². The van der Waals surface area contributed by atoms with Crippen LogP contribution in [0.4, 0.5) is 0 Å². The van der Waals surface area contributed by atoms with Crippen LogP contribution in [0.5, 0.6) is 11.5 Å². The van der Waals surface area contributed by atoms with Gasteiger partial charge in [-0.15, -0.1) is 0 Å². The SMILES string of the molecule is CCN(CC)CCCN1C(=O)C(=O)C(=C(O)c2cccc(OC)c2)C1c1ccc(OCc2ccccc2)cc1. The van der Waals surface area contributed by atoms with Crippen LogP contribution in [-0.4, -0.2) is 59.9 Å². The molecule has 0 spiro atoms. The highest BCUT2D eigenvalue weighted by atomic mass is 16.5. The Morgan fingerprint density at radius 1 is 0.923 bits per heavy atom. The number of aliphatic hydroxyl groups excluding tert-OH is 1. The van der Waals surface area contributed by atoms with Gasteiger partial charge < -0.3 is 24.4 Å². The Morgan fingerprint density at radius 3 is 2.31 bits per heavy atom. The first-order valence-corrected chi connectivity index (χ1v) is 13.4. The number of methoxy groups -OCH3 is 1. The van der Waals surface area contributed by atoms with E-state index in [4.69, 9.17) is 9.47 Å². The molecule has 1 unspecified atom stereocenters. The Bertz CT molecular complexity index is 1300. The molecule has 1 heterocycles. The minimum absolute atomic E-state index is 0.0778. The molecule has 7 nitrogen and oxygen atoms in total. The topological polar surface area (TPSA) is 79.3 Å². The molecule has 204 valence electrons. The number of likely N-dealkylation sites (tertiary alicyclic amines) is 1. The van der Waals surface area contributed by atoms with Gasteiger partial charge in [0, 0.05) is 12.1 Å². The molecular weight excluding hydrogens is 492 g/mol. The van der Waals surface area contributed by atoms with E-state index in [0.717, 1.165) is 30.8 Å². The van der Waals surface area contributed by atoms with Crippen molar-refractivity contribution in [3.63, 3.8) is 0 Å². The van der Waals surface area contributed by atoms with Crippen molar-refractivity contribution in [1.29, 1.82) is 0 Å². The molecule has 1 N–H and O–H groups in total. The average Bonchev–Trinajstić information content (AvgIpc) is 3.23. The fraction of sp³-hybridized carbons (Fsp3) is 0.312. The van der Waals surface area contributed by atoms with Crippen molar-refractivity contribution < 1.29 is 24.2 Å². The standard InChI is InChI=1S/C32H36N2O5/c1-4-33(5-2)19-10-20-34-29(24-15-17-26(18-16-24)39-22-23-11-7-6-8-12-23)28(31(36)32(34)37)30(35)25-13-9-14-27(21-25)38-3/h6-9,11-18,21,29,35H,4-5,10,19-20,22H2,1-3H3. The van der Waals surface area contributed by atoms with E-state index >= 15 is 0 Å². The summed E-state index contributed by atoms with van der Waals surface area (Å²) in [5.41, 5.74) is 2.28. The highest BCUT2D eigenvalue weighted by Gasteiger charge is 2.45. The smallest absolute Gasteiger partial charge is 0.295 e. The van der Waals surface area contributed by atoms with E-state index in [1.165, 1.54) is 7.11 Å². The van der Waals surface area contributed by atoms with Crippen LogP contribution in [0.1, 0.15) is 43.0 Å². The van der Waals surface area contributed by atoms with E-state index in [0.29, 0.717) is 36.6 Å². The molecule has 1 fully saturated rings. The lowest BCUT2D eigenvalue weighted by atomic mass is 9.95. The number of carbonyl (C=O) groups excluding carboxylic acids is 2. The number of hydrogen-bond donors (Lipinski definition) is 1. The molecule has 1 aliphatic heterocycles. The van der Waals surface area contributed by atoms with Crippen LogP contribution >= 0.6 is 0 Å². The number of hydrogen-bond acceptors (Lipinski definition) is 6. The van der Waals surface area contributed by atoms with Crippen LogP contribution in [0.3, 0.4) is 0 Å². The molecule has 0 aliphatic carbocycles. The van der Waals surface area contributed by atoms with Crippen LogP contribution < -0.4 is 9.47 Å². The van der Waals surface area contributed by atoms with Crippen molar-refractivity contribution in [2.75, 3.05) is 33.3 Å². The van der Waals surface area contributed by atoms with Crippen LogP contribution in [0, 0.1) is 0 Å². The summed E-state index contributed by atoms with van der Waals surface area (Å²) in [6, 6.07) is 23.4. The second-order valence-electron chi connectivity index (χ2n) is 9.45. The van der Waals surface area contributed by atoms with Crippen molar-refractivity contribution in [3.05, 3.63) is 101 Å². The molecule has 3 aromatic rings. The molecule has 1 aliphatic rings. The van der Waals surface area contributed by atoms with Gasteiger partial charge in [-0.05, 0) is 61.4 Å². The second kappa shape index (κ2) is 13.1. The summed E-state index contributed by atoms with van der Waals surface area (Å²) >= 11 is 0. The molecular formula is C32H36N2O5. The number of Topliss-reactive ketones (excluding diaryl/α,β-unsaturated/α-hetero) is 1. The number of ketones is 1. The highest BCUT2D eigenvalue weighted by Crippen LogP contribution is 2.40. The third-order valence-electron chi connectivity index (χ3n) is 7.10. The van der Waals surface area contributed by atoms with Crippen LogP contribution in [0.25, 0.3) is 5.76 Å². The number of aliphatic hydroxyl groups is 1. The lowest BCUT2D eigenvalue weighted by Crippen LogP contribution is -2.33. The van der Waals surface area contributed by atoms with Crippen molar-refractivity contribution in [2.45, 2.75) is 32.9 Å². The van der Waals surface area contributed by atoms with E-state index in [-0.39, 0.29) is 11.3 Å². The molecule has 0 radical (unpaired) electrons. The summed E-state index contributed by atoms with van der Waals surface area (Å²) in [7, 11) is 1.54. The van der Waals surface area contributed by atoms with Crippen molar-refractivity contribution in [1.82, 2.24) is 9.80 Å². The van der Waals surface area contributed by atoms with Gasteiger partial charge in [0.05, 0.1) is 18.7 Å². The van der Waals surface area contributed by atoms with Gasteiger partial charge in [-0.25, -0.2) is 0 Å². The fourth-order valence-electron chi connectivity index (χ4n) is 4.87. The molecule has 1 saturated heterocycles. The Kier molecular flexibility index (Phi) is 9.39. The van der Waals surface area contributed by atoms with Gasteiger partial charge in [0.25, 0.3) is 11.7 Å². The summed E-state index contributed by atoms with van der Waals surface area (Å²) < 4.78 is 11.2. The zero-order chi connectivity index (χ0) is 27.8. The normalized spacial score (nSPS) is 16.6. The van der Waals surface area contributed by atoms with E-state index in [9.17, 15) is 14.7 Å². The summed E-state index contributed by atoms with van der Waals surface area (Å²) in [5.74, 6) is -0.285. The number of rotatable bonds is 12. The first kappa shape index (κ1) is 27.9. The maximum atomic E-state index is 13.3. The molecule has 1 atom stereocenters. The quantitative estimate of drug-likeness (QED) is 0.192. The average molecular weight is 529 g/mol. The van der Waals surface area contributed by atoms with Crippen molar-refractivity contribution in [3.8, 4) is 11.5 Å². The van der Waals surface area contributed by atoms with Gasteiger partial charge in [0.1, 0.15) is 23.9 Å². The highest BCUT2D eigenvalue weighted by molar-refractivity contribution is 6.46. The number of benzene rings is 3. The lowest BCUT2D eigenvalue weighted by molar-refractivity contribution is -0.140. The van der Waals surface area contributed by atoms with Crippen LogP contribution in [0.15, 0.2) is 84.4 Å².